The van der Waals surface area contributed by atoms with Gasteiger partial charge in [0.15, 0.2) is 5.65 Å². The summed E-state index contributed by atoms with van der Waals surface area (Å²) in [6.45, 7) is 1.75. The van der Waals surface area contributed by atoms with Gasteiger partial charge in [-0.2, -0.15) is 0 Å². The van der Waals surface area contributed by atoms with Crippen molar-refractivity contribution in [2.75, 3.05) is 0 Å². The molecule has 2 aromatic heterocycles. The van der Waals surface area contributed by atoms with Crippen LogP contribution >= 0.6 is 28.7 Å². The monoisotopic (exact) mass is 285 g/mol. The van der Waals surface area contributed by atoms with E-state index in [1.54, 1.807) is 25.4 Å². The molecule has 0 radical (unpaired) electrons. The highest BCUT2D eigenvalue weighted by atomic mass is 79.9. The average molecular weight is 286 g/mol. The first kappa shape index (κ1) is 10.5. The molecule has 0 bridgehead atoms. The highest BCUT2D eigenvalue weighted by molar-refractivity contribution is 9.10. The number of thiol groups is 1. The Labute approximate surface area is 100 Å². The molecular weight excluding hydrogens is 278 g/mol. The summed E-state index contributed by atoms with van der Waals surface area (Å²) in [5, 5.41) is 9.66. The lowest BCUT2D eigenvalue weighted by molar-refractivity contribution is 0.511. The SMILES string of the molecule is CC=C(O)c1cn(S)c2ncc(Br)nc12. The van der Waals surface area contributed by atoms with Crippen molar-refractivity contribution < 1.29 is 5.11 Å². The standard InChI is InChI=1S/C9H8BrN3OS/c1-2-6(14)5-4-13(15)9-8(5)12-7(10)3-11-9/h2-4,14-15H,1H3. The van der Waals surface area contributed by atoms with Crippen LogP contribution in [0.1, 0.15) is 12.5 Å². The molecule has 0 aliphatic heterocycles. The van der Waals surface area contributed by atoms with Gasteiger partial charge in [-0.1, -0.05) is 12.8 Å². The van der Waals surface area contributed by atoms with E-state index in [2.05, 4.69) is 38.7 Å². The zero-order valence-corrected chi connectivity index (χ0v) is 10.3. The molecule has 6 heteroatoms. The first-order chi connectivity index (χ1) is 7.13. The lowest BCUT2D eigenvalue weighted by Gasteiger charge is -1.95. The van der Waals surface area contributed by atoms with Crippen molar-refractivity contribution in [1.29, 1.82) is 0 Å². The minimum absolute atomic E-state index is 0.167. The fourth-order valence-electron chi connectivity index (χ4n) is 1.30. The maximum Gasteiger partial charge on any atom is 0.169 e. The predicted molar refractivity (Wildman–Crippen MR) is 65.9 cm³/mol. The molecule has 2 rings (SSSR count). The highest BCUT2D eigenvalue weighted by Gasteiger charge is 2.12. The van der Waals surface area contributed by atoms with Crippen LogP contribution in [0.15, 0.2) is 23.1 Å². The summed E-state index contributed by atoms with van der Waals surface area (Å²) in [4.78, 5) is 8.41. The molecule has 0 amide bonds. The van der Waals surface area contributed by atoms with E-state index in [4.69, 9.17) is 0 Å². The zero-order valence-electron chi connectivity index (χ0n) is 7.85. The molecule has 0 spiro atoms. The summed E-state index contributed by atoms with van der Waals surface area (Å²) in [6.07, 6.45) is 4.87. The molecule has 2 heterocycles. The van der Waals surface area contributed by atoms with E-state index < -0.39 is 0 Å². The molecule has 4 nitrogen and oxygen atoms in total. The molecule has 0 atom stereocenters. The minimum atomic E-state index is 0.167. The Bertz CT molecular complexity index is 550. The van der Waals surface area contributed by atoms with Gasteiger partial charge in [-0.25, -0.2) is 9.97 Å². The number of hydrogen-bond acceptors (Lipinski definition) is 4. The van der Waals surface area contributed by atoms with Crippen molar-refractivity contribution >= 4 is 45.7 Å². The van der Waals surface area contributed by atoms with Crippen molar-refractivity contribution in [3.63, 3.8) is 0 Å². The van der Waals surface area contributed by atoms with Crippen molar-refractivity contribution in [2.24, 2.45) is 0 Å². The number of fused-ring (bicyclic) bond motifs is 1. The van der Waals surface area contributed by atoms with E-state index in [-0.39, 0.29) is 5.76 Å². The number of aliphatic hydroxyl groups excluding tert-OH is 1. The van der Waals surface area contributed by atoms with Crippen LogP contribution in [0.3, 0.4) is 0 Å². The van der Waals surface area contributed by atoms with E-state index in [1.165, 1.54) is 3.97 Å². The Hall–Kier alpha value is -1.01. The normalized spacial score (nSPS) is 12.3. The second-order valence-electron chi connectivity index (χ2n) is 2.93. The molecule has 2 aromatic rings. The molecule has 78 valence electrons. The van der Waals surface area contributed by atoms with Gasteiger partial charge in [0, 0.05) is 6.20 Å². The van der Waals surface area contributed by atoms with Gasteiger partial charge in [0.05, 0.1) is 11.8 Å². The number of rotatable bonds is 1. The van der Waals surface area contributed by atoms with E-state index >= 15 is 0 Å². The molecule has 0 unspecified atom stereocenters. The van der Waals surface area contributed by atoms with Gasteiger partial charge in [-0.05, 0) is 28.9 Å². The summed E-state index contributed by atoms with van der Waals surface area (Å²) in [7, 11) is 0. The zero-order chi connectivity index (χ0) is 11.0. The van der Waals surface area contributed by atoms with Gasteiger partial charge >= 0.3 is 0 Å². The van der Waals surface area contributed by atoms with Crippen LogP contribution in [-0.4, -0.2) is 19.0 Å². The summed E-state index contributed by atoms with van der Waals surface area (Å²) < 4.78 is 2.16. The molecule has 0 aliphatic carbocycles. The maximum absolute atomic E-state index is 9.66. The number of aromatic nitrogens is 3. The molecule has 0 aromatic carbocycles. The number of nitrogens with zero attached hydrogens (tertiary/aromatic N) is 3. The van der Waals surface area contributed by atoms with E-state index in [0.717, 1.165) is 0 Å². The molecule has 15 heavy (non-hydrogen) atoms. The van der Waals surface area contributed by atoms with E-state index in [9.17, 15) is 5.11 Å². The largest absolute Gasteiger partial charge is 0.508 e. The van der Waals surface area contributed by atoms with E-state index in [1.807, 2.05) is 0 Å². The molecule has 0 fully saturated rings. The highest BCUT2D eigenvalue weighted by Crippen LogP contribution is 2.24. The first-order valence-corrected chi connectivity index (χ1v) is 5.41. The van der Waals surface area contributed by atoms with Gasteiger partial charge in [-0.3, -0.25) is 3.97 Å². The second kappa shape index (κ2) is 3.86. The Balaban J connectivity index is 2.81. The van der Waals surface area contributed by atoms with Crippen LogP contribution in [-0.2, 0) is 0 Å². The van der Waals surface area contributed by atoms with Gasteiger partial charge in [0.25, 0.3) is 0 Å². The summed E-state index contributed by atoms with van der Waals surface area (Å²) >= 11 is 7.44. The summed E-state index contributed by atoms with van der Waals surface area (Å²) in [5.74, 6) is 0.167. The minimum Gasteiger partial charge on any atom is -0.508 e. The third-order valence-electron chi connectivity index (χ3n) is 2.00. The van der Waals surface area contributed by atoms with Gasteiger partial charge < -0.3 is 5.11 Å². The Morgan fingerprint density at radius 2 is 2.40 bits per heavy atom. The fourth-order valence-corrected chi connectivity index (χ4v) is 1.84. The molecule has 0 aliphatic rings. The van der Waals surface area contributed by atoms with Crippen molar-refractivity contribution in [1.82, 2.24) is 13.9 Å². The van der Waals surface area contributed by atoms with Crippen LogP contribution in [0.25, 0.3) is 16.9 Å². The Kier molecular flexibility index (Phi) is 2.70. The fraction of sp³-hybridized carbons (Fsp3) is 0.111. The van der Waals surface area contributed by atoms with E-state index in [0.29, 0.717) is 21.3 Å². The maximum atomic E-state index is 9.66. The van der Waals surface area contributed by atoms with Crippen LogP contribution in [0, 0.1) is 0 Å². The third kappa shape index (κ3) is 1.74. The van der Waals surface area contributed by atoms with Gasteiger partial charge in [0.1, 0.15) is 15.9 Å². The molecule has 0 saturated carbocycles. The third-order valence-corrected chi connectivity index (χ3v) is 2.68. The molecule has 1 N–H and O–H groups in total. The van der Waals surface area contributed by atoms with Crippen molar-refractivity contribution in [3.05, 3.63) is 28.6 Å². The van der Waals surface area contributed by atoms with Gasteiger partial charge in [-0.15, -0.1) is 0 Å². The number of hydrogen-bond donors (Lipinski definition) is 2. The predicted octanol–water partition coefficient (Wildman–Crippen LogP) is 2.81. The van der Waals surface area contributed by atoms with Gasteiger partial charge in [0.2, 0.25) is 0 Å². The number of aliphatic hydroxyl groups is 1. The van der Waals surface area contributed by atoms with Crippen molar-refractivity contribution in [3.8, 4) is 0 Å². The van der Waals surface area contributed by atoms with Crippen LogP contribution in [0.4, 0.5) is 0 Å². The molecular formula is C9H8BrN3OS. The van der Waals surface area contributed by atoms with Crippen LogP contribution in [0.5, 0.6) is 0 Å². The van der Waals surface area contributed by atoms with Crippen molar-refractivity contribution in [2.45, 2.75) is 6.92 Å². The van der Waals surface area contributed by atoms with Crippen LogP contribution in [0.2, 0.25) is 0 Å². The smallest absolute Gasteiger partial charge is 0.169 e. The summed E-state index contributed by atoms with van der Waals surface area (Å²) in [5.41, 5.74) is 1.86. The summed E-state index contributed by atoms with van der Waals surface area (Å²) in [6, 6.07) is 0. The number of allylic oxidation sites excluding steroid dienone is 1. The topological polar surface area (TPSA) is 50.9 Å². The molecule has 0 saturated heterocycles. The Morgan fingerprint density at radius 1 is 1.67 bits per heavy atom. The first-order valence-electron chi connectivity index (χ1n) is 4.22. The average Bonchev–Trinajstić information content (AvgIpc) is 2.54. The lowest BCUT2D eigenvalue weighted by atomic mass is 10.2. The number of halogens is 1. The Morgan fingerprint density at radius 3 is 3.07 bits per heavy atom. The lowest BCUT2D eigenvalue weighted by Crippen LogP contribution is -1.86. The second-order valence-corrected chi connectivity index (χ2v) is 4.17. The van der Waals surface area contributed by atoms with Crippen LogP contribution < -0.4 is 0 Å². The quantitative estimate of drug-likeness (QED) is 0.626.